The zero-order chi connectivity index (χ0) is 16.4. The zero-order valence-electron chi connectivity index (χ0n) is 11.8. The van der Waals surface area contributed by atoms with Crippen LogP contribution in [-0.4, -0.2) is 4.98 Å². The molecule has 3 nitrogen and oxygen atoms in total. The predicted octanol–water partition coefficient (Wildman–Crippen LogP) is 4.54. The summed E-state index contributed by atoms with van der Waals surface area (Å²) in [5, 5.41) is 0. The summed E-state index contributed by atoms with van der Waals surface area (Å²) in [6.45, 7) is 7.19. The SMILES string of the molecule is [C-]#[N+]c1c(-c2cccc(F)c2)cc(-c2cccc(F)c2)[nH]c1=O. The molecule has 0 radical (unpaired) electrons. The third-order valence-electron chi connectivity index (χ3n) is 3.39. The molecule has 0 atom stereocenters. The molecule has 0 fully saturated rings. The molecule has 23 heavy (non-hydrogen) atoms. The van der Waals surface area contributed by atoms with Crippen molar-refractivity contribution in [2.24, 2.45) is 0 Å². The summed E-state index contributed by atoms with van der Waals surface area (Å²) < 4.78 is 26.8. The van der Waals surface area contributed by atoms with Crippen LogP contribution in [-0.2, 0) is 0 Å². The fourth-order valence-electron chi connectivity index (χ4n) is 2.35. The maximum Gasteiger partial charge on any atom is 0.258 e. The van der Waals surface area contributed by atoms with E-state index in [1.54, 1.807) is 18.2 Å². The van der Waals surface area contributed by atoms with Crippen LogP contribution < -0.4 is 5.56 Å². The Bertz CT molecular complexity index is 987. The molecule has 3 rings (SSSR count). The van der Waals surface area contributed by atoms with Gasteiger partial charge >= 0.3 is 0 Å². The Morgan fingerprint density at radius 1 is 0.913 bits per heavy atom. The van der Waals surface area contributed by atoms with Gasteiger partial charge in [0.25, 0.3) is 11.2 Å². The second-order valence-electron chi connectivity index (χ2n) is 4.91. The van der Waals surface area contributed by atoms with Crippen molar-refractivity contribution in [2.45, 2.75) is 0 Å². The van der Waals surface area contributed by atoms with Crippen molar-refractivity contribution in [2.75, 3.05) is 0 Å². The Balaban J connectivity index is 2.27. The number of halogens is 2. The molecule has 1 aromatic heterocycles. The van der Waals surface area contributed by atoms with Crippen molar-refractivity contribution in [3.8, 4) is 22.4 Å². The molecule has 0 aliphatic heterocycles. The maximum absolute atomic E-state index is 13.5. The summed E-state index contributed by atoms with van der Waals surface area (Å²) in [6.07, 6.45) is 0. The fourth-order valence-corrected chi connectivity index (χ4v) is 2.35. The van der Waals surface area contributed by atoms with Gasteiger partial charge in [-0.2, -0.15) is 0 Å². The van der Waals surface area contributed by atoms with E-state index in [9.17, 15) is 13.6 Å². The van der Waals surface area contributed by atoms with Crippen molar-refractivity contribution in [1.82, 2.24) is 4.98 Å². The van der Waals surface area contributed by atoms with Crippen LogP contribution in [0.1, 0.15) is 0 Å². The van der Waals surface area contributed by atoms with Crippen molar-refractivity contribution in [1.29, 1.82) is 0 Å². The number of nitrogens with one attached hydrogen (secondary N) is 1. The molecule has 2 aromatic carbocycles. The average Bonchev–Trinajstić information content (AvgIpc) is 2.54. The average molecular weight is 308 g/mol. The Morgan fingerprint density at radius 3 is 2.13 bits per heavy atom. The van der Waals surface area contributed by atoms with E-state index in [-0.39, 0.29) is 5.69 Å². The third kappa shape index (κ3) is 2.87. The van der Waals surface area contributed by atoms with Gasteiger partial charge in [0.2, 0.25) is 0 Å². The van der Waals surface area contributed by atoms with E-state index in [2.05, 4.69) is 9.83 Å². The van der Waals surface area contributed by atoms with Gasteiger partial charge in [0.05, 0.1) is 6.57 Å². The minimum atomic E-state index is -0.596. The molecule has 1 heterocycles. The summed E-state index contributed by atoms with van der Waals surface area (Å²) >= 11 is 0. The first kappa shape index (κ1) is 14.7. The molecular formula is C18H10F2N2O. The monoisotopic (exact) mass is 308 g/mol. The summed E-state index contributed by atoms with van der Waals surface area (Å²) in [5.41, 5.74) is 0.830. The lowest BCUT2D eigenvalue weighted by Crippen LogP contribution is -2.07. The summed E-state index contributed by atoms with van der Waals surface area (Å²) in [7, 11) is 0. The van der Waals surface area contributed by atoms with Gasteiger partial charge in [-0.1, -0.05) is 24.3 Å². The van der Waals surface area contributed by atoms with E-state index in [0.29, 0.717) is 22.4 Å². The molecule has 112 valence electrons. The number of H-pyrrole nitrogens is 1. The van der Waals surface area contributed by atoms with Crippen molar-refractivity contribution < 1.29 is 8.78 Å². The van der Waals surface area contributed by atoms with Gasteiger partial charge in [0, 0.05) is 11.3 Å². The van der Waals surface area contributed by atoms with Gasteiger partial charge in [-0.25, -0.2) is 13.6 Å². The van der Waals surface area contributed by atoms with Crippen LogP contribution in [0.4, 0.5) is 14.5 Å². The highest BCUT2D eigenvalue weighted by atomic mass is 19.1. The number of benzene rings is 2. The van der Waals surface area contributed by atoms with Crippen molar-refractivity contribution in [3.05, 3.63) is 88.0 Å². The lowest BCUT2D eigenvalue weighted by Gasteiger charge is -2.08. The minimum absolute atomic E-state index is 0.129. The van der Waals surface area contributed by atoms with E-state index in [1.807, 2.05) is 0 Å². The fraction of sp³-hybridized carbons (Fsp3) is 0. The van der Waals surface area contributed by atoms with Crippen LogP contribution in [0.3, 0.4) is 0 Å². The van der Waals surface area contributed by atoms with Crippen molar-refractivity contribution in [3.63, 3.8) is 0 Å². The van der Waals surface area contributed by atoms with E-state index >= 15 is 0 Å². The third-order valence-corrected chi connectivity index (χ3v) is 3.39. The van der Waals surface area contributed by atoms with E-state index < -0.39 is 17.2 Å². The van der Waals surface area contributed by atoms with Gasteiger partial charge in [-0.15, -0.1) is 0 Å². The molecule has 5 heteroatoms. The topological polar surface area (TPSA) is 37.2 Å². The van der Waals surface area contributed by atoms with Gasteiger partial charge in [-0.3, -0.25) is 4.79 Å². The summed E-state index contributed by atoms with van der Waals surface area (Å²) in [6, 6.07) is 12.9. The zero-order valence-corrected chi connectivity index (χ0v) is 11.8. The number of nitrogens with zero attached hydrogens (tertiary/aromatic N) is 1. The quantitative estimate of drug-likeness (QED) is 0.693. The molecule has 0 saturated carbocycles. The Morgan fingerprint density at radius 2 is 1.52 bits per heavy atom. The normalized spacial score (nSPS) is 10.3. The van der Waals surface area contributed by atoms with E-state index in [0.717, 1.165) is 0 Å². The van der Waals surface area contributed by atoms with Crippen LogP contribution in [0.5, 0.6) is 0 Å². The van der Waals surface area contributed by atoms with Crippen LogP contribution in [0.15, 0.2) is 59.4 Å². The standard InChI is InChI=1S/C18H10F2N2O/c1-21-17-15(11-4-2-6-13(19)8-11)10-16(22-18(17)23)12-5-3-7-14(20)9-12/h2-10H,(H,22,23). The second kappa shape index (κ2) is 5.85. The largest absolute Gasteiger partial charge is 0.331 e. The molecule has 1 N–H and O–H groups in total. The lowest BCUT2D eigenvalue weighted by atomic mass is 10.0. The molecular weight excluding hydrogens is 298 g/mol. The molecule has 0 unspecified atom stereocenters. The Kier molecular flexibility index (Phi) is 3.73. The van der Waals surface area contributed by atoms with Crippen LogP contribution in [0.25, 0.3) is 27.2 Å². The van der Waals surface area contributed by atoms with E-state index in [1.165, 1.54) is 36.4 Å². The number of rotatable bonds is 2. The predicted molar refractivity (Wildman–Crippen MR) is 84.1 cm³/mol. The number of hydrogen-bond donors (Lipinski definition) is 1. The van der Waals surface area contributed by atoms with Crippen LogP contribution in [0, 0.1) is 18.2 Å². The van der Waals surface area contributed by atoms with Crippen LogP contribution >= 0.6 is 0 Å². The summed E-state index contributed by atoms with van der Waals surface area (Å²) in [5.74, 6) is -0.907. The van der Waals surface area contributed by atoms with Gasteiger partial charge in [-0.05, 0) is 41.5 Å². The summed E-state index contributed by atoms with van der Waals surface area (Å²) in [4.78, 5) is 18.0. The first-order valence-electron chi connectivity index (χ1n) is 6.75. The highest BCUT2D eigenvalue weighted by molar-refractivity contribution is 5.81. The molecule has 0 aliphatic carbocycles. The smallest absolute Gasteiger partial charge is 0.258 e. The molecule has 0 saturated heterocycles. The Hall–Kier alpha value is -3.26. The van der Waals surface area contributed by atoms with Gasteiger partial charge < -0.3 is 4.98 Å². The molecule has 0 amide bonds. The highest BCUT2D eigenvalue weighted by Crippen LogP contribution is 2.31. The number of pyridine rings is 1. The Labute approximate surface area is 130 Å². The number of aromatic amines is 1. The van der Waals surface area contributed by atoms with Gasteiger partial charge in [0.1, 0.15) is 11.6 Å². The highest BCUT2D eigenvalue weighted by Gasteiger charge is 2.13. The minimum Gasteiger partial charge on any atom is -0.331 e. The first-order valence-corrected chi connectivity index (χ1v) is 6.75. The van der Waals surface area contributed by atoms with Crippen LogP contribution in [0.2, 0.25) is 0 Å². The molecule has 0 spiro atoms. The molecule has 0 aliphatic rings. The number of hydrogen-bond acceptors (Lipinski definition) is 1. The lowest BCUT2D eigenvalue weighted by molar-refractivity contribution is 0.628. The maximum atomic E-state index is 13.5. The molecule has 3 aromatic rings. The second-order valence-corrected chi connectivity index (χ2v) is 4.91. The van der Waals surface area contributed by atoms with Gasteiger partial charge in [0.15, 0.2) is 0 Å². The molecule has 0 bridgehead atoms. The van der Waals surface area contributed by atoms with E-state index in [4.69, 9.17) is 6.57 Å². The number of aromatic nitrogens is 1. The van der Waals surface area contributed by atoms with Crippen molar-refractivity contribution >= 4 is 5.69 Å². The first-order chi connectivity index (χ1) is 11.1.